The van der Waals surface area contributed by atoms with Crippen LogP contribution in [0.1, 0.15) is 6.92 Å². The molecule has 0 saturated carbocycles. The zero-order chi connectivity index (χ0) is 26.3. The number of sulfonamides is 1. The van der Waals surface area contributed by atoms with Gasteiger partial charge in [0.1, 0.15) is 23.8 Å². The van der Waals surface area contributed by atoms with Crippen LogP contribution in [-0.2, 0) is 14.8 Å². The maximum Gasteiger partial charge on any atom is 0.264 e. The van der Waals surface area contributed by atoms with E-state index < -0.39 is 22.5 Å². The van der Waals surface area contributed by atoms with Crippen LogP contribution in [0.25, 0.3) is 0 Å². The molecule has 0 aromatic heterocycles. The quantitative estimate of drug-likeness (QED) is 0.323. The topological polar surface area (TPSA) is 94.2 Å². The third-order valence-electron chi connectivity index (χ3n) is 5.12. The summed E-state index contributed by atoms with van der Waals surface area (Å²) in [4.78, 5) is 14.2. The Morgan fingerprint density at radius 1 is 1.00 bits per heavy atom. The normalized spacial score (nSPS) is 11.0. The number of carbonyl (C=O) groups is 1. The number of anilines is 2. The van der Waals surface area contributed by atoms with Gasteiger partial charge in [0.2, 0.25) is 5.91 Å². The number of nitrogens with one attached hydrogen (secondary N) is 1. The molecule has 0 unspecified atom stereocenters. The number of benzene rings is 3. The number of hydrogen-bond donors (Lipinski definition) is 1. The molecule has 0 aliphatic rings. The molecule has 0 fully saturated rings. The van der Waals surface area contributed by atoms with E-state index in [1.165, 1.54) is 50.2 Å². The summed E-state index contributed by atoms with van der Waals surface area (Å²) < 4.78 is 44.8. The fraction of sp³-hybridized carbons (Fsp3) is 0.240. The lowest BCUT2D eigenvalue weighted by atomic mass is 10.2. The first-order valence-electron chi connectivity index (χ1n) is 10.8. The Kier molecular flexibility index (Phi) is 9.36. The molecule has 0 bridgehead atoms. The van der Waals surface area contributed by atoms with E-state index in [1.807, 2.05) is 6.26 Å². The number of rotatable bonds is 11. The maximum absolute atomic E-state index is 13.8. The zero-order valence-corrected chi connectivity index (χ0v) is 22.7. The standard InChI is InChI=1S/C25H27ClN2O6S2/c1-5-34-22-9-7-6-8-21(22)28(36(30,31)18-12-10-17(35-4)11-13-18)16-25(29)27-20-15-23(32-2)19(26)14-24(20)33-3/h6-15H,5,16H2,1-4H3,(H,27,29). The van der Waals surface area contributed by atoms with Crippen LogP contribution in [0.15, 0.2) is 70.5 Å². The lowest BCUT2D eigenvalue weighted by Gasteiger charge is -2.26. The third kappa shape index (κ3) is 6.18. The van der Waals surface area contributed by atoms with Crippen molar-refractivity contribution in [2.75, 3.05) is 43.2 Å². The van der Waals surface area contributed by atoms with Crippen LogP contribution in [0.5, 0.6) is 17.2 Å². The predicted molar refractivity (Wildman–Crippen MR) is 144 cm³/mol. The highest BCUT2D eigenvalue weighted by Crippen LogP contribution is 2.37. The molecule has 0 heterocycles. The summed E-state index contributed by atoms with van der Waals surface area (Å²) in [5, 5.41) is 3.01. The number of hydrogen-bond acceptors (Lipinski definition) is 7. The maximum atomic E-state index is 13.8. The molecule has 11 heteroatoms. The van der Waals surface area contributed by atoms with Gasteiger partial charge in [-0.15, -0.1) is 11.8 Å². The minimum Gasteiger partial charge on any atom is -0.495 e. The Labute approximate surface area is 220 Å². The molecule has 8 nitrogen and oxygen atoms in total. The molecule has 0 radical (unpaired) electrons. The molecule has 36 heavy (non-hydrogen) atoms. The van der Waals surface area contributed by atoms with Crippen molar-refractivity contribution < 1.29 is 27.4 Å². The van der Waals surface area contributed by atoms with Gasteiger partial charge in [-0.25, -0.2) is 8.42 Å². The average Bonchev–Trinajstić information content (AvgIpc) is 2.88. The Hall–Kier alpha value is -3.08. The van der Waals surface area contributed by atoms with Gasteiger partial charge >= 0.3 is 0 Å². The van der Waals surface area contributed by atoms with Crippen LogP contribution in [0.4, 0.5) is 11.4 Å². The highest BCUT2D eigenvalue weighted by molar-refractivity contribution is 7.98. The number of thioether (sulfide) groups is 1. The summed E-state index contributed by atoms with van der Waals surface area (Å²) in [6, 6.07) is 16.1. The van der Waals surface area contributed by atoms with Crippen LogP contribution in [0.2, 0.25) is 5.02 Å². The lowest BCUT2D eigenvalue weighted by Crippen LogP contribution is -2.38. The van der Waals surface area contributed by atoms with Crippen LogP contribution in [0.3, 0.4) is 0 Å². The number of amides is 1. The first-order valence-corrected chi connectivity index (χ1v) is 13.9. The summed E-state index contributed by atoms with van der Waals surface area (Å²) in [5.74, 6) is 0.356. The Balaban J connectivity index is 2.03. The molecule has 0 atom stereocenters. The van der Waals surface area contributed by atoms with Gasteiger partial charge in [-0.1, -0.05) is 23.7 Å². The summed E-state index contributed by atoms with van der Waals surface area (Å²) in [6.45, 7) is 1.59. The second-order valence-corrected chi connectivity index (χ2v) is 10.5. The number of para-hydroxylation sites is 2. The highest BCUT2D eigenvalue weighted by Gasteiger charge is 2.30. The zero-order valence-electron chi connectivity index (χ0n) is 20.3. The molecular weight excluding hydrogens is 524 g/mol. The van der Waals surface area contributed by atoms with Crippen molar-refractivity contribution in [3.63, 3.8) is 0 Å². The summed E-state index contributed by atoms with van der Waals surface area (Å²) in [7, 11) is -1.26. The van der Waals surface area contributed by atoms with E-state index in [-0.39, 0.29) is 16.3 Å². The minimum atomic E-state index is -4.14. The summed E-state index contributed by atoms with van der Waals surface area (Å²) >= 11 is 7.65. The van der Waals surface area contributed by atoms with E-state index in [0.29, 0.717) is 28.9 Å². The van der Waals surface area contributed by atoms with Crippen molar-refractivity contribution in [1.82, 2.24) is 0 Å². The van der Waals surface area contributed by atoms with E-state index in [4.69, 9.17) is 25.8 Å². The molecule has 1 N–H and O–H groups in total. The Morgan fingerprint density at radius 2 is 1.67 bits per heavy atom. The molecule has 0 saturated heterocycles. The SMILES string of the molecule is CCOc1ccccc1N(CC(=O)Nc1cc(OC)c(Cl)cc1OC)S(=O)(=O)c1ccc(SC)cc1. The van der Waals surface area contributed by atoms with Crippen LogP contribution >= 0.6 is 23.4 Å². The molecule has 0 aliphatic heterocycles. The molecule has 1 amide bonds. The molecule has 192 valence electrons. The molecule has 0 aliphatic carbocycles. The van der Waals surface area contributed by atoms with Gasteiger partial charge in [0, 0.05) is 17.0 Å². The van der Waals surface area contributed by atoms with Crippen molar-refractivity contribution in [3.8, 4) is 17.2 Å². The van der Waals surface area contributed by atoms with Gasteiger partial charge in [0.25, 0.3) is 10.0 Å². The minimum absolute atomic E-state index is 0.0464. The van der Waals surface area contributed by atoms with E-state index in [1.54, 1.807) is 43.3 Å². The number of methoxy groups -OCH3 is 2. The summed E-state index contributed by atoms with van der Waals surface area (Å²) in [5.41, 5.74) is 0.521. The van der Waals surface area contributed by atoms with Gasteiger partial charge in [-0.05, 0) is 49.6 Å². The molecule has 3 rings (SSSR count). The van der Waals surface area contributed by atoms with Crippen LogP contribution in [0, 0.1) is 0 Å². The van der Waals surface area contributed by atoms with Crippen LogP contribution in [-0.4, -0.2) is 48.0 Å². The molecule has 3 aromatic carbocycles. The van der Waals surface area contributed by atoms with Crippen LogP contribution < -0.4 is 23.8 Å². The highest BCUT2D eigenvalue weighted by atomic mass is 35.5. The third-order valence-corrected chi connectivity index (χ3v) is 7.93. The second kappa shape index (κ2) is 12.2. The van der Waals surface area contributed by atoms with E-state index >= 15 is 0 Å². The number of nitrogens with zero attached hydrogens (tertiary/aromatic N) is 1. The van der Waals surface area contributed by atoms with Crippen molar-refractivity contribution in [2.24, 2.45) is 0 Å². The Bertz CT molecular complexity index is 1320. The average molecular weight is 551 g/mol. The smallest absolute Gasteiger partial charge is 0.264 e. The van der Waals surface area contributed by atoms with E-state index in [9.17, 15) is 13.2 Å². The van der Waals surface area contributed by atoms with Crippen molar-refractivity contribution in [3.05, 3.63) is 65.7 Å². The van der Waals surface area contributed by atoms with E-state index in [2.05, 4.69) is 5.32 Å². The molecule has 0 spiro atoms. The van der Waals surface area contributed by atoms with Gasteiger partial charge < -0.3 is 19.5 Å². The fourth-order valence-corrected chi connectivity index (χ4v) is 5.46. The first-order chi connectivity index (χ1) is 17.2. The predicted octanol–water partition coefficient (Wildman–Crippen LogP) is 5.31. The summed E-state index contributed by atoms with van der Waals surface area (Å²) in [6.07, 6.45) is 1.90. The van der Waals surface area contributed by atoms with Gasteiger partial charge in [0.15, 0.2) is 0 Å². The lowest BCUT2D eigenvalue weighted by molar-refractivity contribution is -0.114. The first kappa shape index (κ1) is 27.5. The largest absolute Gasteiger partial charge is 0.495 e. The number of ether oxygens (including phenoxy) is 3. The van der Waals surface area contributed by atoms with Gasteiger partial charge in [0.05, 0.1) is 42.1 Å². The number of halogens is 1. The molecule has 3 aromatic rings. The molecular formula is C25H27ClN2O6S2. The van der Waals surface area contributed by atoms with Crippen molar-refractivity contribution in [2.45, 2.75) is 16.7 Å². The Morgan fingerprint density at radius 3 is 2.28 bits per heavy atom. The van der Waals surface area contributed by atoms with E-state index in [0.717, 1.165) is 9.20 Å². The van der Waals surface area contributed by atoms with Gasteiger partial charge in [-0.2, -0.15) is 0 Å². The van der Waals surface area contributed by atoms with Crippen molar-refractivity contribution in [1.29, 1.82) is 0 Å². The number of carbonyl (C=O) groups excluding carboxylic acids is 1. The van der Waals surface area contributed by atoms with Crippen molar-refractivity contribution >= 4 is 50.7 Å². The second-order valence-electron chi connectivity index (χ2n) is 7.32. The monoisotopic (exact) mass is 550 g/mol. The fourth-order valence-electron chi connectivity index (χ4n) is 3.39. The van der Waals surface area contributed by atoms with Gasteiger partial charge in [-0.3, -0.25) is 9.10 Å².